The fourth-order valence-electron chi connectivity index (χ4n) is 2.68. The first kappa shape index (κ1) is 13.9. The van der Waals surface area contributed by atoms with E-state index in [1.54, 1.807) is 7.11 Å². The Kier molecular flexibility index (Phi) is 4.46. The third-order valence-electron chi connectivity index (χ3n) is 4.05. The zero-order chi connectivity index (χ0) is 13.8. The highest BCUT2D eigenvalue weighted by molar-refractivity contribution is 5.79. The van der Waals surface area contributed by atoms with Crippen molar-refractivity contribution in [2.24, 2.45) is 5.92 Å². The minimum absolute atomic E-state index is 0.117. The number of carbonyl (C=O) groups is 1. The number of methoxy groups -OCH3 is 1. The molecule has 0 saturated carbocycles. The lowest BCUT2D eigenvalue weighted by Gasteiger charge is -2.27. The van der Waals surface area contributed by atoms with E-state index in [-0.39, 0.29) is 17.9 Å². The summed E-state index contributed by atoms with van der Waals surface area (Å²) in [5.41, 5.74) is 1.19. The molecule has 0 unspecified atom stereocenters. The number of benzene rings is 1. The molecule has 0 N–H and O–H groups in total. The Morgan fingerprint density at radius 2 is 2.32 bits per heavy atom. The second-order valence-corrected chi connectivity index (χ2v) is 5.28. The van der Waals surface area contributed by atoms with Crippen molar-refractivity contribution in [1.29, 1.82) is 0 Å². The van der Waals surface area contributed by atoms with Crippen molar-refractivity contribution >= 4 is 5.91 Å². The number of carbonyl (C=O) groups excluding carboxylic acids is 1. The van der Waals surface area contributed by atoms with E-state index in [4.69, 9.17) is 4.74 Å². The van der Waals surface area contributed by atoms with Crippen LogP contribution >= 0.6 is 0 Å². The van der Waals surface area contributed by atoms with E-state index in [0.29, 0.717) is 0 Å². The van der Waals surface area contributed by atoms with Gasteiger partial charge in [0, 0.05) is 12.5 Å². The lowest BCUT2D eigenvalue weighted by atomic mass is 10.0. The molecule has 1 saturated heterocycles. The van der Waals surface area contributed by atoms with Gasteiger partial charge in [0.25, 0.3) is 0 Å². The smallest absolute Gasteiger partial charge is 0.225 e. The van der Waals surface area contributed by atoms with Gasteiger partial charge in [0.1, 0.15) is 5.75 Å². The SMILES string of the molecule is CC[C@H](C)C(=O)N1CCC[C@H]1c1cccc(OC)c1. The Balaban J connectivity index is 2.20. The van der Waals surface area contributed by atoms with Gasteiger partial charge in [-0.1, -0.05) is 26.0 Å². The number of ether oxygens (including phenoxy) is 1. The highest BCUT2D eigenvalue weighted by Crippen LogP contribution is 2.34. The van der Waals surface area contributed by atoms with Crippen molar-refractivity contribution in [3.8, 4) is 5.75 Å². The van der Waals surface area contributed by atoms with Crippen LogP contribution in [0.5, 0.6) is 5.75 Å². The zero-order valence-electron chi connectivity index (χ0n) is 12.1. The van der Waals surface area contributed by atoms with Crippen LogP contribution in [-0.2, 0) is 4.79 Å². The fraction of sp³-hybridized carbons (Fsp3) is 0.562. The number of hydrogen-bond donors (Lipinski definition) is 0. The molecule has 1 aliphatic heterocycles. The normalized spacial score (nSPS) is 20.4. The molecule has 0 spiro atoms. The molecule has 1 aromatic rings. The molecular formula is C16H23NO2. The highest BCUT2D eigenvalue weighted by Gasteiger charge is 2.31. The van der Waals surface area contributed by atoms with Crippen LogP contribution in [0.25, 0.3) is 0 Å². The van der Waals surface area contributed by atoms with Gasteiger partial charge < -0.3 is 9.64 Å². The van der Waals surface area contributed by atoms with E-state index >= 15 is 0 Å². The van der Waals surface area contributed by atoms with Gasteiger partial charge in [-0.25, -0.2) is 0 Å². The topological polar surface area (TPSA) is 29.5 Å². The van der Waals surface area contributed by atoms with Gasteiger partial charge in [-0.15, -0.1) is 0 Å². The van der Waals surface area contributed by atoms with Crippen LogP contribution in [0.15, 0.2) is 24.3 Å². The predicted octanol–water partition coefficient (Wildman–Crippen LogP) is 3.40. The van der Waals surface area contributed by atoms with E-state index in [0.717, 1.165) is 31.6 Å². The van der Waals surface area contributed by atoms with Crippen molar-refractivity contribution in [3.05, 3.63) is 29.8 Å². The minimum Gasteiger partial charge on any atom is -0.497 e. The summed E-state index contributed by atoms with van der Waals surface area (Å²) < 4.78 is 5.28. The first-order valence-electron chi connectivity index (χ1n) is 7.11. The van der Waals surface area contributed by atoms with Crippen LogP contribution in [-0.4, -0.2) is 24.5 Å². The second-order valence-electron chi connectivity index (χ2n) is 5.28. The Labute approximate surface area is 115 Å². The van der Waals surface area contributed by atoms with Crippen molar-refractivity contribution in [2.75, 3.05) is 13.7 Å². The first-order chi connectivity index (χ1) is 9.17. The van der Waals surface area contributed by atoms with Crippen LogP contribution in [0.2, 0.25) is 0 Å². The Morgan fingerprint density at radius 3 is 3.00 bits per heavy atom. The number of nitrogens with zero attached hydrogens (tertiary/aromatic N) is 1. The summed E-state index contributed by atoms with van der Waals surface area (Å²) in [6, 6.07) is 8.30. The molecule has 1 aromatic carbocycles. The van der Waals surface area contributed by atoms with Crippen molar-refractivity contribution in [3.63, 3.8) is 0 Å². The molecule has 0 bridgehead atoms. The van der Waals surface area contributed by atoms with Gasteiger partial charge in [-0.05, 0) is 37.0 Å². The predicted molar refractivity (Wildman–Crippen MR) is 76.1 cm³/mol. The van der Waals surface area contributed by atoms with Gasteiger partial charge in [-0.2, -0.15) is 0 Å². The largest absolute Gasteiger partial charge is 0.497 e. The summed E-state index contributed by atoms with van der Waals surface area (Å²) in [5.74, 6) is 1.26. The molecule has 3 nitrogen and oxygen atoms in total. The molecule has 1 heterocycles. The summed E-state index contributed by atoms with van der Waals surface area (Å²) in [7, 11) is 1.68. The average molecular weight is 261 g/mol. The van der Waals surface area contributed by atoms with E-state index in [1.165, 1.54) is 5.56 Å². The monoisotopic (exact) mass is 261 g/mol. The first-order valence-corrected chi connectivity index (χ1v) is 7.11. The standard InChI is InChI=1S/C16H23NO2/c1-4-12(2)16(18)17-10-6-9-15(17)13-7-5-8-14(11-13)19-3/h5,7-8,11-12,15H,4,6,9-10H2,1-3H3/t12-,15-/m0/s1. The summed E-state index contributed by atoms with van der Waals surface area (Å²) in [6.07, 6.45) is 3.04. The molecule has 2 rings (SSSR count). The van der Waals surface area contributed by atoms with E-state index in [2.05, 4.69) is 13.0 Å². The van der Waals surface area contributed by atoms with E-state index in [1.807, 2.05) is 30.0 Å². The van der Waals surface area contributed by atoms with Crippen molar-refractivity contribution in [1.82, 2.24) is 4.90 Å². The van der Waals surface area contributed by atoms with Gasteiger partial charge in [0.2, 0.25) is 5.91 Å². The molecule has 19 heavy (non-hydrogen) atoms. The molecule has 3 heteroatoms. The molecule has 2 atom stereocenters. The Bertz CT molecular complexity index is 444. The Hall–Kier alpha value is -1.51. The van der Waals surface area contributed by atoms with E-state index < -0.39 is 0 Å². The van der Waals surface area contributed by atoms with Crippen molar-refractivity contribution in [2.45, 2.75) is 39.2 Å². The Morgan fingerprint density at radius 1 is 1.53 bits per heavy atom. The third-order valence-corrected chi connectivity index (χ3v) is 4.05. The van der Waals surface area contributed by atoms with Crippen LogP contribution in [0.3, 0.4) is 0 Å². The maximum Gasteiger partial charge on any atom is 0.225 e. The summed E-state index contributed by atoms with van der Waals surface area (Å²) >= 11 is 0. The molecular weight excluding hydrogens is 238 g/mol. The zero-order valence-corrected chi connectivity index (χ0v) is 12.1. The molecule has 0 radical (unpaired) electrons. The van der Waals surface area contributed by atoms with Crippen LogP contribution < -0.4 is 4.74 Å². The van der Waals surface area contributed by atoms with Crippen molar-refractivity contribution < 1.29 is 9.53 Å². The number of likely N-dealkylation sites (tertiary alicyclic amines) is 1. The lowest BCUT2D eigenvalue weighted by Crippen LogP contribution is -2.34. The summed E-state index contributed by atoms with van der Waals surface area (Å²) in [4.78, 5) is 14.5. The molecule has 1 aliphatic rings. The number of rotatable bonds is 4. The number of amides is 1. The van der Waals surface area contributed by atoms with Gasteiger partial charge in [0.05, 0.1) is 13.2 Å². The van der Waals surface area contributed by atoms with Crippen LogP contribution in [0.4, 0.5) is 0 Å². The van der Waals surface area contributed by atoms with Gasteiger partial charge >= 0.3 is 0 Å². The average Bonchev–Trinajstić information content (AvgIpc) is 2.95. The lowest BCUT2D eigenvalue weighted by molar-refractivity contribution is -0.136. The number of hydrogen-bond acceptors (Lipinski definition) is 2. The van der Waals surface area contributed by atoms with Crippen LogP contribution in [0.1, 0.15) is 44.7 Å². The molecule has 104 valence electrons. The maximum atomic E-state index is 12.4. The van der Waals surface area contributed by atoms with Crippen LogP contribution in [0, 0.1) is 5.92 Å². The molecule has 0 aliphatic carbocycles. The summed E-state index contributed by atoms with van der Waals surface area (Å²) in [6.45, 7) is 4.97. The quantitative estimate of drug-likeness (QED) is 0.831. The van der Waals surface area contributed by atoms with Gasteiger partial charge in [-0.3, -0.25) is 4.79 Å². The fourth-order valence-corrected chi connectivity index (χ4v) is 2.68. The maximum absolute atomic E-state index is 12.4. The highest BCUT2D eigenvalue weighted by atomic mass is 16.5. The minimum atomic E-state index is 0.117. The summed E-state index contributed by atoms with van der Waals surface area (Å²) in [5, 5.41) is 0. The van der Waals surface area contributed by atoms with Gasteiger partial charge in [0.15, 0.2) is 0 Å². The van der Waals surface area contributed by atoms with E-state index in [9.17, 15) is 4.79 Å². The second kappa shape index (κ2) is 6.09. The molecule has 1 fully saturated rings. The molecule has 0 aromatic heterocycles. The molecule has 1 amide bonds. The third kappa shape index (κ3) is 2.91.